The Balaban J connectivity index is 2.13. The molecule has 0 aliphatic heterocycles. The molecule has 0 N–H and O–H groups in total. The number of pyridine rings is 1. The van der Waals surface area contributed by atoms with E-state index >= 15 is 0 Å². The monoisotopic (exact) mass is 357 g/mol. The third-order valence-electron chi connectivity index (χ3n) is 3.90. The molecule has 0 aliphatic rings. The van der Waals surface area contributed by atoms with Crippen LogP contribution in [0.5, 0.6) is 5.75 Å². The zero-order chi connectivity index (χ0) is 18.0. The van der Waals surface area contributed by atoms with Gasteiger partial charge in [0.2, 0.25) is 0 Å². The van der Waals surface area contributed by atoms with Gasteiger partial charge < -0.3 is 4.74 Å². The molecule has 3 rings (SSSR count). The van der Waals surface area contributed by atoms with Crippen molar-refractivity contribution in [3.8, 4) is 22.6 Å². The first-order valence-electron chi connectivity index (χ1n) is 7.91. The molecular weight excluding hydrogens is 341 g/mol. The summed E-state index contributed by atoms with van der Waals surface area (Å²) in [5, 5.41) is 0.330. The van der Waals surface area contributed by atoms with Crippen molar-refractivity contribution in [2.45, 2.75) is 13.8 Å². The Hall–Kier alpha value is -2.59. The fourth-order valence-corrected chi connectivity index (χ4v) is 2.95. The number of aromatic nitrogens is 1. The van der Waals surface area contributed by atoms with Crippen molar-refractivity contribution in [1.82, 2.24) is 4.57 Å². The average Bonchev–Trinajstić information content (AvgIpc) is 2.57. The highest BCUT2D eigenvalue weighted by Gasteiger charge is 2.11. The maximum atomic E-state index is 13.2. The van der Waals surface area contributed by atoms with E-state index in [9.17, 15) is 9.18 Å². The van der Waals surface area contributed by atoms with Crippen LogP contribution in [0, 0.1) is 12.7 Å². The van der Waals surface area contributed by atoms with E-state index < -0.39 is 0 Å². The Bertz CT molecular complexity index is 964. The Morgan fingerprint density at radius 2 is 1.84 bits per heavy atom. The van der Waals surface area contributed by atoms with Crippen LogP contribution >= 0.6 is 11.6 Å². The number of benzene rings is 2. The predicted octanol–water partition coefficient (Wildman–Crippen LogP) is 5.00. The van der Waals surface area contributed by atoms with Gasteiger partial charge >= 0.3 is 0 Å². The van der Waals surface area contributed by atoms with Crippen LogP contribution in [0.2, 0.25) is 5.02 Å². The van der Waals surface area contributed by atoms with Crippen LogP contribution in [0.3, 0.4) is 0 Å². The summed E-state index contributed by atoms with van der Waals surface area (Å²) in [5.74, 6) is 0.431. The molecule has 0 atom stereocenters. The molecule has 0 radical (unpaired) electrons. The predicted molar refractivity (Wildman–Crippen MR) is 98.3 cm³/mol. The number of hydrogen-bond acceptors (Lipinski definition) is 2. The number of nitrogens with zero attached hydrogens (tertiary/aromatic N) is 1. The van der Waals surface area contributed by atoms with Gasteiger partial charge in [-0.1, -0.05) is 23.7 Å². The normalized spacial score (nSPS) is 10.7. The molecule has 0 bridgehead atoms. The van der Waals surface area contributed by atoms with E-state index in [0.717, 1.165) is 22.6 Å². The molecule has 0 amide bonds. The summed E-state index contributed by atoms with van der Waals surface area (Å²) in [4.78, 5) is 12.4. The first-order valence-corrected chi connectivity index (χ1v) is 8.29. The van der Waals surface area contributed by atoms with Gasteiger partial charge in [0.05, 0.1) is 17.3 Å². The fourth-order valence-electron chi connectivity index (χ4n) is 2.69. The highest BCUT2D eigenvalue weighted by molar-refractivity contribution is 6.33. The molecule has 0 saturated carbocycles. The maximum Gasteiger partial charge on any atom is 0.256 e. The molecule has 1 heterocycles. The first kappa shape index (κ1) is 17.2. The second-order valence-electron chi connectivity index (χ2n) is 5.63. The summed E-state index contributed by atoms with van der Waals surface area (Å²) < 4.78 is 20.2. The second kappa shape index (κ2) is 7.11. The van der Waals surface area contributed by atoms with Gasteiger partial charge in [-0.15, -0.1) is 0 Å². The Morgan fingerprint density at radius 3 is 2.48 bits per heavy atom. The smallest absolute Gasteiger partial charge is 0.256 e. The van der Waals surface area contributed by atoms with E-state index in [4.69, 9.17) is 16.3 Å². The van der Waals surface area contributed by atoms with Crippen molar-refractivity contribution < 1.29 is 9.13 Å². The van der Waals surface area contributed by atoms with E-state index in [-0.39, 0.29) is 11.4 Å². The molecule has 2 aromatic carbocycles. The highest BCUT2D eigenvalue weighted by Crippen LogP contribution is 2.28. The van der Waals surface area contributed by atoms with E-state index in [1.165, 1.54) is 22.8 Å². The van der Waals surface area contributed by atoms with Crippen molar-refractivity contribution in [2.75, 3.05) is 6.61 Å². The molecule has 25 heavy (non-hydrogen) atoms. The lowest BCUT2D eigenvalue weighted by Crippen LogP contribution is -2.18. The minimum Gasteiger partial charge on any atom is -0.494 e. The van der Waals surface area contributed by atoms with E-state index in [2.05, 4.69) is 0 Å². The molecule has 0 spiro atoms. The van der Waals surface area contributed by atoms with Crippen LogP contribution in [-0.2, 0) is 0 Å². The average molecular weight is 358 g/mol. The van der Waals surface area contributed by atoms with Crippen LogP contribution in [0.15, 0.2) is 59.5 Å². The highest BCUT2D eigenvalue weighted by atomic mass is 35.5. The van der Waals surface area contributed by atoms with Crippen LogP contribution in [0.4, 0.5) is 4.39 Å². The Morgan fingerprint density at radius 1 is 1.12 bits per heavy atom. The van der Waals surface area contributed by atoms with Gasteiger partial charge in [0.15, 0.2) is 0 Å². The Kier molecular flexibility index (Phi) is 4.91. The molecule has 5 heteroatoms. The summed E-state index contributed by atoms with van der Waals surface area (Å²) in [7, 11) is 0. The molecule has 0 fully saturated rings. The van der Waals surface area contributed by atoms with E-state index in [1.807, 2.05) is 32.0 Å². The van der Waals surface area contributed by atoms with Crippen molar-refractivity contribution in [3.05, 3.63) is 81.5 Å². The summed E-state index contributed by atoms with van der Waals surface area (Å²) in [6.45, 7) is 4.41. The molecule has 0 unspecified atom stereocenters. The standard InChI is InChI=1S/C20H17ClFNO2/c1-3-25-16-8-9-19(13(2)10-16)23-12-17(18(21)11-20(23)24)14-4-6-15(22)7-5-14/h4-12H,3H2,1-2H3. The number of ether oxygens (including phenoxy) is 1. The van der Waals surface area contributed by atoms with Crippen molar-refractivity contribution >= 4 is 11.6 Å². The topological polar surface area (TPSA) is 31.2 Å². The molecule has 0 aliphatic carbocycles. The maximum absolute atomic E-state index is 13.2. The first-order chi connectivity index (χ1) is 12.0. The second-order valence-corrected chi connectivity index (χ2v) is 6.04. The minimum absolute atomic E-state index is 0.233. The lowest BCUT2D eigenvalue weighted by molar-refractivity contribution is 0.340. The number of rotatable bonds is 4. The van der Waals surface area contributed by atoms with Crippen LogP contribution in [0.25, 0.3) is 16.8 Å². The van der Waals surface area contributed by atoms with Crippen LogP contribution in [0.1, 0.15) is 12.5 Å². The van der Waals surface area contributed by atoms with E-state index in [0.29, 0.717) is 17.2 Å². The zero-order valence-corrected chi connectivity index (χ0v) is 14.7. The number of hydrogen-bond donors (Lipinski definition) is 0. The largest absolute Gasteiger partial charge is 0.494 e. The molecule has 3 nitrogen and oxygen atoms in total. The summed E-state index contributed by atoms with van der Waals surface area (Å²) in [6.07, 6.45) is 1.68. The van der Waals surface area contributed by atoms with Crippen LogP contribution < -0.4 is 10.3 Å². The zero-order valence-electron chi connectivity index (χ0n) is 13.9. The van der Waals surface area contributed by atoms with Gasteiger partial charge in [0.25, 0.3) is 5.56 Å². The third-order valence-corrected chi connectivity index (χ3v) is 4.21. The molecular formula is C20H17ClFNO2. The summed E-state index contributed by atoms with van der Waals surface area (Å²) in [6, 6.07) is 12.9. The lowest BCUT2D eigenvalue weighted by Gasteiger charge is -2.14. The van der Waals surface area contributed by atoms with Gasteiger partial charge in [-0.3, -0.25) is 9.36 Å². The SMILES string of the molecule is CCOc1ccc(-n2cc(-c3ccc(F)cc3)c(Cl)cc2=O)c(C)c1. The van der Waals surface area contributed by atoms with Crippen molar-refractivity contribution in [2.24, 2.45) is 0 Å². The number of halogens is 2. The van der Waals surface area contributed by atoms with Crippen molar-refractivity contribution in [3.63, 3.8) is 0 Å². The fraction of sp³-hybridized carbons (Fsp3) is 0.150. The molecule has 128 valence electrons. The van der Waals surface area contributed by atoms with Gasteiger partial charge in [-0.05, 0) is 55.3 Å². The van der Waals surface area contributed by atoms with Gasteiger partial charge in [-0.2, -0.15) is 0 Å². The molecule has 0 saturated heterocycles. The minimum atomic E-state index is -0.324. The molecule has 1 aromatic heterocycles. The quantitative estimate of drug-likeness (QED) is 0.657. The van der Waals surface area contributed by atoms with Crippen LogP contribution in [-0.4, -0.2) is 11.2 Å². The van der Waals surface area contributed by atoms with Crippen molar-refractivity contribution in [1.29, 1.82) is 0 Å². The number of aryl methyl sites for hydroxylation is 1. The Labute approximate surface area is 150 Å². The van der Waals surface area contributed by atoms with E-state index in [1.54, 1.807) is 18.3 Å². The van der Waals surface area contributed by atoms with Gasteiger partial charge in [0, 0.05) is 17.8 Å². The molecule has 3 aromatic rings. The summed E-state index contributed by atoms with van der Waals surface area (Å²) in [5.41, 5.74) is 2.82. The van der Waals surface area contributed by atoms with Gasteiger partial charge in [0.1, 0.15) is 11.6 Å². The summed E-state index contributed by atoms with van der Waals surface area (Å²) >= 11 is 6.24. The van der Waals surface area contributed by atoms with Gasteiger partial charge in [-0.25, -0.2) is 4.39 Å². The third kappa shape index (κ3) is 3.59. The lowest BCUT2D eigenvalue weighted by atomic mass is 10.1.